The fraction of sp³-hybridized carbons (Fsp3) is 0.692. The Bertz CT molecular complexity index is 393. The Kier molecular flexibility index (Phi) is 4.36. The zero-order valence-electron chi connectivity index (χ0n) is 10.9. The molecule has 0 saturated heterocycles. The fourth-order valence-corrected chi connectivity index (χ4v) is 2.54. The largest absolute Gasteiger partial charge is 0.350 e. The number of nitrogens with zero attached hydrogens (tertiary/aromatic N) is 2. The van der Waals surface area contributed by atoms with Crippen molar-refractivity contribution in [2.24, 2.45) is 24.6 Å². The summed E-state index contributed by atoms with van der Waals surface area (Å²) >= 11 is 0. The van der Waals surface area contributed by atoms with Crippen molar-refractivity contribution in [3.05, 3.63) is 18.0 Å². The van der Waals surface area contributed by atoms with Crippen molar-refractivity contribution in [2.75, 3.05) is 6.54 Å². The third-order valence-electron chi connectivity index (χ3n) is 3.76. The van der Waals surface area contributed by atoms with Crippen molar-refractivity contribution in [3.63, 3.8) is 0 Å². The smallest absolute Gasteiger partial charge is 0.223 e. The standard InChI is InChI=1S/C13H22N4O/c1-17-7-6-12(16-17)9-15-13(18)11-4-2-10(8-14)3-5-11/h6-7,10-11H,2-5,8-9,14H2,1H3,(H,15,18). The van der Waals surface area contributed by atoms with Crippen LogP contribution in [-0.2, 0) is 18.4 Å². The molecular weight excluding hydrogens is 228 g/mol. The highest BCUT2D eigenvalue weighted by Crippen LogP contribution is 2.28. The molecule has 1 aromatic rings. The number of aryl methyl sites for hydroxylation is 1. The van der Waals surface area contributed by atoms with Gasteiger partial charge in [0.25, 0.3) is 0 Å². The van der Waals surface area contributed by atoms with Gasteiger partial charge in [-0.25, -0.2) is 0 Å². The first kappa shape index (κ1) is 13.1. The highest BCUT2D eigenvalue weighted by Gasteiger charge is 2.25. The topological polar surface area (TPSA) is 72.9 Å². The molecule has 5 heteroatoms. The molecule has 0 atom stereocenters. The summed E-state index contributed by atoms with van der Waals surface area (Å²) < 4.78 is 1.74. The molecule has 3 N–H and O–H groups in total. The molecule has 0 bridgehead atoms. The molecule has 1 amide bonds. The number of rotatable bonds is 4. The molecule has 0 aliphatic heterocycles. The van der Waals surface area contributed by atoms with Gasteiger partial charge in [-0.05, 0) is 44.2 Å². The number of aromatic nitrogens is 2. The number of nitrogens with two attached hydrogens (primary N) is 1. The van der Waals surface area contributed by atoms with E-state index in [-0.39, 0.29) is 11.8 Å². The molecule has 5 nitrogen and oxygen atoms in total. The number of carbonyl (C=O) groups is 1. The minimum absolute atomic E-state index is 0.163. The second-order valence-corrected chi connectivity index (χ2v) is 5.15. The highest BCUT2D eigenvalue weighted by atomic mass is 16.1. The summed E-state index contributed by atoms with van der Waals surface area (Å²) in [5, 5.41) is 7.21. The Morgan fingerprint density at radius 1 is 1.50 bits per heavy atom. The molecular formula is C13H22N4O. The molecule has 18 heavy (non-hydrogen) atoms. The average Bonchev–Trinajstić information content (AvgIpc) is 2.82. The van der Waals surface area contributed by atoms with E-state index in [9.17, 15) is 4.79 Å². The predicted molar refractivity (Wildman–Crippen MR) is 69.6 cm³/mol. The first-order chi connectivity index (χ1) is 8.69. The van der Waals surface area contributed by atoms with Crippen LogP contribution in [0.25, 0.3) is 0 Å². The summed E-state index contributed by atoms with van der Waals surface area (Å²) in [5.41, 5.74) is 6.55. The summed E-state index contributed by atoms with van der Waals surface area (Å²) in [5.74, 6) is 0.942. The molecule has 0 aromatic carbocycles. The van der Waals surface area contributed by atoms with Crippen molar-refractivity contribution in [3.8, 4) is 0 Å². The lowest BCUT2D eigenvalue weighted by Crippen LogP contribution is -2.34. The van der Waals surface area contributed by atoms with E-state index in [4.69, 9.17) is 5.73 Å². The van der Waals surface area contributed by atoms with Gasteiger partial charge in [-0.2, -0.15) is 5.10 Å². The van der Waals surface area contributed by atoms with E-state index in [1.165, 1.54) is 0 Å². The molecule has 1 saturated carbocycles. The summed E-state index contributed by atoms with van der Waals surface area (Å²) in [6.45, 7) is 1.28. The second kappa shape index (κ2) is 6.00. The summed E-state index contributed by atoms with van der Waals surface area (Å²) in [7, 11) is 1.87. The minimum atomic E-state index is 0.163. The van der Waals surface area contributed by atoms with Crippen molar-refractivity contribution in [1.82, 2.24) is 15.1 Å². The maximum atomic E-state index is 12.0. The van der Waals surface area contributed by atoms with Crippen LogP contribution >= 0.6 is 0 Å². The number of carbonyl (C=O) groups excluding carboxylic acids is 1. The van der Waals surface area contributed by atoms with E-state index in [0.29, 0.717) is 12.5 Å². The normalized spacial score (nSPS) is 23.9. The van der Waals surface area contributed by atoms with Gasteiger partial charge in [-0.15, -0.1) is 0 Å². The zero-order chi connectivity index (χ0) is 13.0. The molecule has 100 valence electrons. The molecule has 0 radical (unpaired) electrons. The van der Waals surface area contributed by atoms with E-state index in [1.807, 2.05) is 19.3 Å². The second-order valence-electron chi connectivity index (χ2n) is 5.15. The third-order valence-corrected chi connectivity index (χ3v) is 3.76. The van der Waals surface area contributed by atoms with Crippen LogP contribution in [0.1, 0.15) is 31.4 Å². The van der Waals surface area contributed by atoms with Gasteiger partial charge in [0.2, 0.25) is 5.91 Å². The maximum Gasteiger partial charge on any atom is 0.223 e. The molecule has 1 aromatic heterocycles. The quantitative estimate of drug-likeness (QED) is 0.830. The lowest BCUT2D eigenvalue weighted by Gasteiger charge is -2.26. The van der Waals surface area contributed by atoms with Crippen molar-refractivity contribution in [1.29, 1.82) is 0 Å². The first-order valence-corrected chi connectivity index (χ1v) is 6.65. The Morgan fingerprint density at radius 3 is 2.78 bits per heavy atom. The van der Waals surface area contributed by atoms with E-state index in [0.717, 1.165) is 37.9 Å². The van der Waals surface area contributed by atoms with Crippen LogP contribution in [0.15, 0.2) is 12.3 Å². The van der Waals surface area contributed by atoms with Gasteiger partial charge in [0.15, 0.2) is 0 Å². The molecule has 1 fully saturated rings. The van der Waals surface area contributed by atoms with Crippen LogP contribution in [0.5, 0.6) is 0 Å². The molecule has 2 rings (SSSR count). The summed E-state index contributed by atoms with van der Waals surface area (Å²) in [6.07, 6.45) is 5.98. The molecule has 1 heterocycles. The van der Waals surface area contributed by atoms with Crippen molar-refractivity contribution in [2.45, 2.75) is 32.2 Å². The summed E-state index contributed by atoms with van der Waals surface area (Å²) in [6, 6.07) is 1.92. The zero-order valence-corrected chi connectivity index (χ0v) is 10.9. The number of amides is 1. The van der Waals surface area contributed by atoms with E-state index >= 15 is 0 Å². The Labute approximate surface area is 108 Å². The Hall–Kier alpha value is -1.36. The van der Waals surface area contributed by atoms with Crippen LogP contribution in [-0.4, -0.2) is 22.2 Å². The Morgan fingerprint density at radius 2 is 2.22 bits per heavy atom. The van der Waals surface area contributed by atoms with Gasteiger partial charge in [0.05, 0.1) is 12.2 Å². The number of hydrogen-bond donors (Lipinski definition) is 2. The average molecular weight is 250 g/mol. The maximum absolute atomic E-state index is 12.0. The molecule has 0 spiro atoms. The van der Waals surface area contributed by atoms with E-state index in [1.54, 1.807) is 4.68 Å². The Balaban J connectivity index is 1.75. The van der Waals surface area contributed by atoms with Gasteiger partial charge in [-0.1, -0.05) is 0 Å². The van der Waals surface area contributed by atoms with Crippen molar-refractivity contribution < 1.29 is 4.79 Å². The monoisotopic (exact) mass is 250 g/mol. The highest BCUT2D eigenvalue weighted by molar-refractivity contribution is 5.78. The van der Waals surface area contributed by atoms with Gasteiger partial charge >= 0.3 is 0 Å². The van der Waals surface area contributed by atoms with Crippen LogP contribution in [0.2, 0.25) is 0 Å². The van der Waals surface area contributed by atoms with Gasteiger partial charge < -0.3 is 11.1 Å². The summed E-state index contributed by atoms with van der Waals surface area (Å²) in [4.78, 5) is 12.0. The van der Waals surface area contributed by atoms with E-state index < -0.39 is 0 Å². The predicted octanol–water partition coefficient (Wildman–Crippen LogP) is 0.801. The number of nitrogens with one attached hydrogen (secondary N) is 1. The molecule has 1 aliphatic carbocycles. The minimum Gasteiger partial charge on any atom is -0.350 e. The molecule has 1 aliphatic rings. The third kappa shape index (κ3) is 3.32. The van der Waals surface area contributed by atoms with Crippen molar-refractivity contribution >= 4 is 5.91 Å². The van der Waals surface area contributed by atoms with Crippen LogP contribution in [0, 0.1) is 11.8 Å². The van der Waals surface area contributed by atoms with E-state index in [2.05, 4.69) is 10.4 Å². The van der Waals surface area contributed by atoms with Gasteiger partial charge in [0, 0.05) is 19.2 Å². The fourth-order valence-electron chi connectivity index (χ4n) is 2.54. The van der Waals surface area contributed by atoms with Crippen LogP contribution in [0.3, 0.4) is 0 Å². The SMILES string of the molecule is Cn1ccc(CNC(=O)C2CCC(CN)CC2)n1. The van der Waals surface area contributed by atoms with Crippen LogP contribution < -0.4 is 11.1 Å². The molecule has 0 unspecified atom stereocenters. The van der Waals surface area contributed by atoms with Gasteiger partial charge in [0.1, 0.15) is 0 Å². The lowest BCUT2D eigenvalue weighted by molar-refractivity contribution is -0.126. The van der Waals surface area contributed by atoms with Crippen LogP contribution in [0.4, 0.5) is 0 Å². The number of hydrogen-bond acceptors (Lipinski definition) is 3. The van der Waals surface area contributed by atoms with Gasteiger partial charge in [-0.3, -0.25) is 9.48 Å². The first-order valence-electron chi connectivity index (χ1n) is 6.65. The lowest BCUT2D eigenvalue weighted by atomic mass is 9.81.